The lowest BCUT2D eigenvalue weighted by Gasteiger charge is -2.32. The average Bonchev–Trinajstić information content (AvgIpc) is 3.14. The third-order valence-electron chi connectivity index (χ3n) is 7.02. The minimum absolute atomic E-state index is 0.135. The summed E-state index contributed by atoms with van der Waals surface area (Å²) in [6.07, 6.45) is 4.68. The number of hydrogen-bond acceptors (Lipinski definition) is 7. The highest BCUT2D eigenvalue weighted by Gasteiger charge is 2.49. The Morgan fingerprint density at radius 3 is 2.53 bits per heavy atom. The molecule has 1 aliphatic rings. The van der Waals surface area contributed by atoms with Crippen LogP contribution in [0.2, 0.25) is 0 Å². The van der Waals surface area contributed by atoms with E-state index in [9.17, 15) is 18.3 Å². The summed E-state index contributed by atoms with van der Waals surface area (Å²) >= 11 is 0. The molecule has 0 bridgehead atoms. The number of aliphatic hydroxyl groups is 1. The molecule has 0 aliphatic heterocycles. The van der Waals surface area contributed by atoms with Gasteiger partial charge in [0.05, 0.1) is 18.3 Å². The fraction of sp³-hybridized carbons (Fsp3) is 0.583. The second-order valence-corrected chi connectivity index (χ2v) is 12.0. The molecule has 1 fully saturated rings. The molecular weight excluding hydrogens is 456 g/mol. The largest absolute Gasteiger partial charge is 0.392 e. The van der Waals surface area contributed by atoms with Gasteiger partial charge in [0.2, 0.25) is 0 Å². The Kier molecular flexibility index (Phi) is 7.02. The summed E-state index contributed by atoms with van der Waals surface area (Å²) in [5.41, 5.74) is 2.84. The Hall–Kier alpha value is -2.27. The summed E-state index contributed by atoms with van der Waals surface area (Å²) in [6, 6.07) is 1.50. The number of ketones is 1. The van der Waals surface area contributed by atoms with E-state index in [2.05, 4.69) is 35.6 Å². The lowest BCUT2D eigenvalue weighted by Crippen LogP contribution is -2.39. The smallest absolute Gasteiger partial charge is 0.333 e. The molecule has 0 spiro atoms. The van der Waals surface area contributed by atoms with E-state index in [0.29, 0.717) is 23.2 Å². The molecule has 9 nitrogen and oxygen atoms in total. The van der Waals surface area contributed by atoms with Crippen LogP contribution in [0.1, 0.15) is 68.2 Å². The lowest BCUT2D eigenvalue weighted by molar-refractivity contribution is 0.0284. The molecule has 0 unspecified atom stereocenters. The summed E-state index contributed by atoms with van der Waals surface area (Å²) in [5, 5.41) is 19.2. The van der Waals surface area contributed by atoms with Crippen molar-refractivity contribution in [2.75, 3.05) is 11.9 Å². The van der Waals surface area contributed by atoms with Gasteiger partial charge in [0.25, 0.3) is 0 Å². The van der Waals surface area contributed by atoms with Crippen molar-refractivity contribution in [2.45, 2.75) is 72.6 Å². The summed E-state index contributed by atoms with van der Waals surface area (Å²) in [5.74, 6) is -0.567. The summed E-state index contributed by atoms with van der Waals surface area (Å²) in [4.78, 5) is 17.8. The fourth-order valence-electron chi connectivity index (χ4n) is 4.79. The molecule has 10 heteroatoms. The van der Waals surface area contributed by atoms with E-state index in [0.717, 1.165) is 11.3 Å². The Labute approximate surface area is 202 Å². The van der Waals surface area contributed by atoms with Gasteiger partial charge in [0.15, 0.2) is 5.78 Å². The van der Waals surface area contributed by atoms with Gasteiger partial charge in [-0.25, -0.2) is 5.14 Å². The van der Waals surface area contributed by atoms with E-state index >= 15 is 0 Å². The molecule has 34 heavy (non-hydrogen) atoms. The highest BCUT2D eigenvalue weighted by Crippen LogP contribution is 2.43. The van der Waals surface area contributed by atoms with Gasteiger partial charge in [-0.15, -0.1) is 0 Å². The van der Waals surface area contributed by atoms with Crippen LogP contribution in [0.15, 0.2) is 24.7 Å². The highest BCUT2D eigenvalue weighted by molar-refractivity contribution is 7.84. The Bertz CT molecular complexity index is 1180. The first-order valence-corrected chi connectivity index (χ1v) is 12.8. The number of pyridine rings is 1. The number of carbonyl (C=O) groups is 1. The summed E-state index contributed by atoms with van der Waals surface area (Å²) in [7, 11) is -4.10. The topological polar surface area (TPSA) is 137 Å². The van der Waals surface area contributed by atoms with Crippen LogP contribution in [0.25, 0.3) is 0 Å². The van der Waals surface area contributed by atoms with Crippen molar-refractivity contribution in [2.24, 2.45) is 16.5 Å². The quantitative estimate of drug-likeness (QED) is 0.506. The monoisotopic (exact) mass is 492 g/mol. The molecule has 0 aromatic carbocycles. The number of nitrogens with two attached hydrogens (primary N) is 1. The molecule has 2 heterocycles. The number of rotatable bonds is 7. The van der Waals surface area contributed by atoms with Crippen molar-refractivity contribution in [3.05, 3.63) is 47.0 Å². The Balaban J connectivity index is 1.90. The van der Waals surface area contributed by atoms with Crippen molar-refractivity contribution in [3.8, 4) is 0 Å². The predicted molar refractivity (Wildman–Crippen MR) is 131 cm³/mol. The Morgan fingerprint density at radius 1 is 1.32 bits per heavy atom. The first-order valence-electron chi connectivity index (χ1n) is 11.3. The number of aromatic nitrogens is 2. The number of aliphatic hydroxyl groups excluding tert-OH is 1. The van der Waals surface area contributed by atoms with Gasteiger partial charge in [-0.1, -0.05) is 13.8 Å². The molecule has 1 aliphatic carbocycles. The maximum Gasteiger partial charge on any atom is 0.333 e. The number of carbonyl (C=O) groups excluding carboxylic acids is 1. The standard InChI is InChI=1S/C24H36N4O5S/c1-14-15(2)28(23(3,4)5)12-18(14)21(29)17-11-26-9-8-19(17)27-20-10-16(13-33-34(25,31)32)22(30)24(20,6)7/h8-9,11-12,16,20,22,30H,10,13H2,1-7H3,(H,26,27)(H2,25,31,32)/t16-,20-,22-/m1/s1. The highest BCUT2D eigenvalue weighted by atomic mass is 32.2. The van der Waals surface area contributed by atoms with E-state index in [4.69, 9.17) is 9.32 Å². The molecule has 2 aromatic rings. The maximum atomic E-state index is 13.6. The average molecular weight is 493 g/mol. The van der Waals surface area contributed by atoms with E-state index in [1.165, 1.54) is 0 Å². The van der Waals surface area contributed by atoms with Gasteiger partial charge < -0.3 is 15.0 Å². The van der Waals surface area contributed by atoms with Crippen molar-refractivity contribution in [3.63, 3.8) is 0 Å². The second kappa shape index (κ2) is 9.07. The number of hydrogen-bond donors (Lipinski definition) is 3. The Morgan fingerprint density at radius 2 is 1.97 bits per heavy atom. The number of nitrogens with one attached hydrogen (secondary N) is 1. The molecule has 188 valence electrons. The van der Waals surface area contributed by atoms with Crippen molar-refractivity contribution in [1.82, 2.24) is 9.55 Å². The lowest BCUT2D eigenvalue weighted by atomic mass is 9.84. The second-order valence-electron chi connectivity index (χ2n) is 10.8. The van der Waals surface area contributed by atoms with E-state index < -0.39 is 27.7 Å². The van der Waals surface area contributed by atoms with E-state index in [-0.39, 0.29) is 24.0 Å². The zero-order valence-corrected chi connectivity index (χ0v) is 21.7. The molecule has 3 atom stereocenters. The number of nitrogens with zero attached hydrogens (tertiary/aromatic N) is 2. The zero-order chi connectivity index (χ0) is 25.6. The normalized spacial score (nSPS) is 22.7. The maximum absolute atomic E-state index is 13.6. The summed E-state index contributed by atoms with van der Waals surface area (Å²) < 4.78 is 29.3. The summed E-state index contributed by atoms with van der Waals surface area (Å²) in [6.45, 7) is 13.8. The van der Waals surface area contributed by atoms with Crippen LogP contribution < -0.4 is 10.5 Å². The van der Waals surface area contributed by atoms with E-state index in [1.54, 1.807) is 18.5 Å². The number of anilines is 1. The minimum atomic E-state index is -4.10. The third-order valence-corrected chi connectivity index (χ3v) is 7.49. The van der Waals surface area contributed by atoms with Crippen molar-refractivity contribution < 1.29 is 22.5 Å². The SMILES string of the molecule is Cc1c(C(=O)c2cnccc2N[C@@H]2C[C@H](COS(N)(=O)=O)[C@@H](O)C2(C)C)cn(C(C)(C)C)c1C. The van der Waals surface area contributed by atoms with Crippen molar-refractivity contribution >= 4 is 21.8 Å². The molecule has 2 aromatic heterocycles. The molecule has 4 N–H and O–H groups in total. The molecule has 0 amide bonds. The predicted octanol–water partition coefficient (Wildman–Crippen LogP) is 2.89. The van der Waals surface area contributed by atoms with Crippen LogP contribution in [0.4, 0.5) is 5.69 Å². The minimum Gasteiger partial charge on any atom is -0.392 e. The third kappa shape index (κ3) is 5.19. The molecular formula is C24H36N4O5S. The van der Waals surface area contributed by atoms with Gasteiger partial charge in [0.1, 0.15) is 0 Å². The zero-order valence-electron chi connectivity index (χ0n) is 20.9. The van der Waals surface area contributed by atoms with Gasteiger partial charge in [-0.05, 0) is 52.7 Å². The van der Waals surface area contributed by atoms with Crippen LogP contribution >= 0.6 is 0 Å². The molecule has 3 rings (SSSR count). The van der Waals surface area contributed by atoms with Crippen LogP contribution in [-0.2, 0) is 20.0 Å². The van der Waals surface area contributed by atoms with Crippen LogP contribution in [0.3, 0.4) is 0 Å². The fourth-order valence-corrected chi connectivity index (χ4v) is 5.16. The van der Waals surface area contributed by atoms with Crippen molar-refractivity contribution in [1.29, 1.82) is 0 Å². The van der Waals surface area contributed by atoms with E-state index in [1.807, 2.05) is 33.9 Å². The molecule has 0 radical (unpaired) electrons. The van der Waals surface area contributed by atoms with Crippen LogP contribution in [-0.4, -0.2) is 47.6 Å². The first-order chi connectivity index (χ1) is 15.5. The first kappa shape index (κ1) is 26.3. The van der Waals surface area contributed by atoms with Crippen LogP contribution in [0, 0.1) is 25.2 Å². The van der Waals surface area contributed by atoms with Gasteiger partial charge in [-0.3, -0.25) is 14.0 Å². The molecule has 1 saturated carbocycles. The van der Waals surface area contributed by atoms with Crippen LogP contribution in [0.5, 0.6) is 0 Å². The van der Waals surface area contributed by atoms with Gasteiger partial charge in [-0.2, -0.15) is 8.42 Å². The van der Waals surface area contributed by atoms with Gasteiger partial charge >= 0.3 is 10.3 Å². The van der Waals surface area contributed by atoms with Gasteiger partial charge in [0, 0.05) is 58.4 Å². The molecule has 0 saturated heterocycles.